The van der Waals surface area contributed by atoms with Crippen LogP contribution in [0.5, 0.6) is 0 Å². The van der Waals surface area contributed by atoms with Gasteiger partial charge in [-0.1, -0.05) is 23.5 Å². The monoisotopic (exact) mass is 436 g/mol. The first-order valence-electron chi connectivity index (χ1n) is 9.55. The van der Waals surface area contributed by atoms with Gasteiger partial charge >= 0.3 is 0 Å². The molecule has 1 atom stereocenters. The van der Waals surface area contributed by atoms with E-state index in [-0.39, 0.29) is 6.04 Å². The van der Waals surface area contributed by atoms with Crippen molar-refractivity contribution in [2.24, 2.45) is 0 Å². The van der Waals surface area contributed by atoms with Gasteiger partial charge in [-0.15, -0.1) is 21.5 Å². The average molecular weight is 437 g/mol. The Morgan fingerprint density at radius 1 is 1.10 bits per heavy atom. The second-order valence-corrected chi connectivity index (χ2v) is 9.14. The van der Waals surface area contributed by atoms with Gasteiger partial charge in [0.05, 0.1) is 28.5 Å². The van der Waals surface area contributed by atoms with Gasteiger partial charge in [-0.3, -0.25) is 9.36 Å². The summed E-state index contributed by atoms with van der Waals surface area (Å²) in [6.07, 6.45) is 1.96. The SMILES string of the molecule is Cc1ccn(C(C)c2nnc(Nc3nn(Cc4csc(C)n4)c4ccccc34)s2)n1. The fourth-order valence-electron chi connectivity index (χ4n) is 3.29. The molecule has 1 unspecified atom stereocenters. The molecule has 152 valence electrons. The summed E-state index contributed by atoms with van der Waals surface area (Å²) in [7, 11) is 0. The van der Waals surface area contributed by atoms with E-state index in [9.17, 15) is 0 Å². The third-order valence-corrected chi connectivity index (χ3v) is 6.63. The van der Waals surface area contributed by atoms with E-state index in [4.69, 9.17) is 5.10 Å². The molecule has 4 aromatic heterocycles. The lowest BCUT2D eigenvalue weighted by Crippen LogP contribution is -2.07. The third-order valence-electron chi connectivity index (χ3n) is 4.80. The van der Waals surface area contributed by atoms with Crippen molar-refractivity contribution in [3.63, 3.8) is 0 Å². The molecule has 0 amide bonds. The van der Waals surface area contributed by atoms with Gasteiger partial charge in [0, 0.05) is 17.0 Å². The van der Waals surface area contributed by atoms with E-state index in [1.165, 1.54) is 11.3 Å². The van der Waals surface area contributed by atoms with E-state index in [1.807, 2.05) is 47.6 Å². The molecule has 10 heteroatoms. The van der Waals surface area contributed by atoms with Crippen LogP contribution in [-0.2, 0) is 6.54 Å². The van der Waals surface area contributed by atoms with Gasteiger partial charge in [0.25, 0.3) is 0 Å². The van der Waals surface area contributed by atoms with Crippen LogP contribution in [0.15, 0.2) is 41.9 Å². The second-order valence-electron chi connectivity index (χ2n) is 7.06. The Balaban J connectivity index is 1.42. The van der Waals surface area contributed by atoms with Crippen LogP contribution in [0.25, 0.3) is 10.9 Å². The Kier molecular flexibility index (Phi) is 4.80. The molecular weight excluding hydrogens is 416 g/mol. The predicted octanol–water partition coefficient (Wildman–Crippen LogP) is 4.56. The van der Waals surface area contributed by atoms with Crippen molar-refractivity contribution >= 4 is 44.5 Å². The molecular formula is C20H20N8S2. The Morgan fingerprint density at radius 2 is 1.97 bits per heavy atom. The van der Waals surface area contributed by atoms with Crippen LogP contribution < -0.4 is 5.32 Å². The first-order valence-corrected chi connectivity index (χ1v) is 11.2. The number of benzene rings is 1. The summed E-state index contributed by atoms with van der Waals surface area (Å²) in [5, 5.41) is 27.1. The number of para-hydroxylation sites is 1. The third kappa shape index (κ3) is 3.59. The van der Waals surface area contributed by atoms with Crippen LogP contribution in [0, 0.1) is 13.8 Å². The van der Waals surface area contributed by atoms with Crippen LogP contribution in [0.4, 0.5) is 10.9 Å². The van der Waals surface area contributed by atoms with Crippen molar-refractivity contribution in [2.45, 2.75) is 33.4 Å². The van der Waals surface area contributed by atoms with E-state index in [0.29, 0.717) is 11.7 Å². The van der Waals surface area contributed by atoms with Gasteiger partial charge in [-0.25, -0.2) is 4.98 Å². The van der Waals surface area contributed by atoms with Crippen molar-refractivity contribution < 1.29 is 0 Å². The fourth-order valence-corrected chi connectivity index (χ4v) is 4.68. The number of hydrogen-bond donors (Lipinski definition) is 1. The highest BCUT2D eigenvalue weighted by molar-refractivity contribution is 7.15. The molecule has 0 bridgehead atoms. The molecule has 30 heavy (non-hydrogen) atoms. The fraction of sp³-hybridized carbons (Fsp3) is 0.250. The lowest BCUT2D eigenvalue weighted by atomic mass is 10.2. The van der Waals surface area contributed by atoms with Crippen molar-refractivity contribution in [1.29, 1.82) is 0 Å². The topological polar surface area (TPSA) is 86.3 Å². The molecule has 5 rings (SSSR count). The number of aromatic nitrogens is 7. The van der Waals surface area contributed by atoms with Crippen LogP contribution in [-0.4, -0.2) is 34.7 Å². The Hall–Kier alpha value is -3.11. The van der Waals surface area contributed by atoms with E-state index < -0.39 is 0 Å². The molecule has 4 heterocycles. The number of thiazole rings is 1. The zero-order valence-corrected chi connectivity index (χ0v) is 18.4. The summed E-state index contributed by atoms with van der Waals surface area (Å²) >= 11 is 3.16. The zero-order valence-electron chi connectivity index (χ0n) is 16.8. The number of aryl methyl sites for hydroxylation is 2. The Labute approximate surface area is 181 Å². The number of nitrogens with zero attached hydrogens (tertiary/aromatic N) is 7. The summed E-state index contributed by atoms with van der Waals surface area (Å²) in [5.41, 5.74) is 3.05. The molecule has 0 saturated carbocycles. The van der Waals surface area contributed by atoms with Crippen molar-refractivity contribution in [3.05, 3.63) is 63.3 Å². The van der Waals surface area contributed by atoms with Gasteiger partial charge in [0.1, 0.15) is 11.0 Å². The van der Waals surface area contributed by atoms with Crippen molar-refractivity contribution in [1.82, 2.24) is 34.7 Å². The number of nitrogens with one attached hydrogen (secondary N) is 1. The predicted molar refractivity (Wildman–Crippen MR) is 120 cm³/mol. The molecule has 0 radical (unpaired) electrons. The standard InChI is InChI=1S/C20H20N8S2/c1-12-8-9-27(25-12)13(2)19-23-24-20(30-19)22-18-16-6-4-5-7-17(16)28(26-18)10-15-11-29-14(3)21-15/h4-9,11,13H,10H2,1-3H3,(H,22,24,26). The largest absolute Gasteiger partial charge is 0.313 e. The molecule has 0 saturated heterocycles. The molecule has 5 aromatic rings. The van der Waals surface area contributed by atoms with Gasteiger partial charge in [-0.05, 0) is 39.0 Å². The van der Waals surface area contributed by atoms with Crippen molar-refractivity contribution in [2.75, 3.05) is 5.32 Å². The minimum absolute atomic E-state index is 0.0222. The van der Waals surface area contributed by atoms with E-state index in [0.717, 1.165) is 38.1 Å². The minimum atomic E-state index is 0.0222. The van der Waals surface area contributed by atoms with Gasteiger partial charge in [0.2, 0.25) is 5.13 Å². The second kappa shape index (κ2) is 7.62. The molecule has 0 aliphatic carbocycles. The van der Waals surface area contributed by atoms with Gasteiger partial charge in [0.15, 0.2) is 5.82 Å². The maximum Gasteiger partial charge on any atom is 0.211 e. The first-order chi connectivity index (χ1) is 14.6. The van der Waals surface area contributed by atoms with Gasteiger partial charge < -0.3 is 5.32 Å². The van der Waals surface area contributed by atoms with E-state index in [1.54, 1.807) is 11.3 Å². The molecule has 8 nitrogen and oxygen atoms in total. The maximum atomic E-state index is 4.80. The summed E-state index contributed by atoms with van der Waals surface area (Å²) in [5.74, 6) is 0.767. The quantitative estimate of drug-likeness (QED) is 0.420. The first kappa shape index (κ1) is 18.9. The summed E-state index contributed by atoms with van der Waals surface area (Å²) in [6, 6.07) is 10.2. The smallest absolute Gasteiger partial charge is 0.211 e. The minimum Gasteiger partial charge on any atom is -0.313 e. The van der Waals surface area contributed by atoms with Crippen LogP contribution >= 0.6 is 22.7 Å². The normalized spacial score (nSPS) is 12.5. The van der Waals surface area contributed by atoms with Crippen molar-refractivity contribution in [3.8, 4) is 0 Å². The molecule has 0 aliphatic rings. The number of hydrogen-bond acceptors (Lipinski definition) is 8. The maximum absolute atomic E-state index is 4.80. The highest BCUT2D eigenvalue weighted by atomic mass is 32.1. The highest BCUT2D eigenvalue weighted by Crippen LogP contribution is 2.30. The number of anilines is 2. The summed E-state index contributed by atoms with van der Waals surface area (Å²) in [4.78, 5) is 4.57. The molecule has 1 N–H and O–H groups in total. The zero-order chi connectivity index (χ0) is 20.7. The molecule has 0 spiro atoms. The van der Waals surface area contributed by atoms with Crippen LogP contribution in [0.3, 0.4) is 0 Å². The van der Waals surface area contributed by atoms with Crippen LogP contribution in [0.2, 0.25) is 0 Å². The Bertz CT molecular complexity index is 1310. The van der Waals surface area contributed by atoms with E-state index in [2.05, 4.69) is 50.0 Å². The van der Waals surface area contributed by atoms with E-state index >= 15 is 0 Å². The molecule has 0 fully saturated rings. The van der Waals surface area contributed by atoms with Crippen LogP contribution in [0.1, 0.15) is 34.4 Å². The Morgan fingerprint density at radius 3 is 2.73 bits per heavy atom. The average Bonchev–Trinajstić information content (AvgIpc) is 3.52. The van der Waals surface area contributed by atoms with Gasteiger partial charge in [-0.2, -0.15) is 10.2 Å². The lowest BCUT2D eigenvalue weighted by molar-refractivity contribution is 0.554. The number of rotatable bonds is 6. The number of fused-ring (bicyclic) bond motifs is 1. The summed E-state index contributed by atoms with van der Waals surface area (Å²) in [6.45, 7) is 6.69. The molecule has 0 aliphatic heterocycles. The molecule has 1 aromatic carbocycles. The lowest BCUT2D eigenvalue weighted by Gasteiger charge is -2.07. The highest BCUT2D eigenvalue weighted by Gasteiger charge is 2.17. The summed E-state index contributed by atoms with van der Waals surface area (Å²) < 4.78 is 3.88.